The third kappa shape index (κ3) is 12.1. The maximum Gasteiger partial charge on any atom is 0.191 e. The number of pyridine rings is 1. The summed E-state index contributed by atoms with van der Waals surface area (Å²) in [6.07, 6.45) is 4.07. The molecule has 0 saturated heterocycles. The van der Waals surface area contributed by atoms with Crippen LogP contribution < -0.4 is 10.6 Å². The molecule has 0 aliphatic carbocycles. The zero-order chi connectivity index (χ0) is 17.5. The number of unbranched alkanes of at least 4 members (excludes halogenated alkanes) is 1. The smallest absolute Gasteiger partial charge is 0.191 e. The van der Waals surface area contributed by atoms with Crippen LogP contribution in [0.5, 0.6) is 0 Å². The van der Waals surface area contributed by atoms with Gasteiger partial charge in [0.15, 0.2) is 5.96 Å². The number of halogens is 1. The summed E-state index contributed by atoms with van der Waals surface area (Å²) >= 11 is 0. The van der Waals surface area contributed by atoms with Crippen LogP contribution in [0.2, 0.25) is 0 Å². The minimum atomic E-state index is 0. The Balaban J connectivity index is 0.00000576. The molecule has 0 spiro atoms. The molecule has 0 saturated carbocycles. The molecule has 1 aromatic rings. The predicted molar refractivity (Wildman–Crippen MR) is 114 cm³/mol. The maximum atomic E-state index is 5.54. The Morgan fingerprint density at radius 1 is 1.12 bits per heavy atom. The van der Waals surface area contributed by atoms with Crippen LogP contribution in [0.1, 0.15) is 37.9 Å². The molecule has 1 rings (SSSR count). The van der Waals surface area contributed by atoms with E-state index in [1.807, 2.05) is 13.0 Å². The minimum Gasteiger partial charge on any atom is -0.379 e. The Morgan fingerprint density at radius 2 is 1.88 bits per heavy atom. The highest BCUT2D eigenvalue weighted by molar-refractivity contribution is 14.0. The number of nitrogens with one attached hydrogen (secondary N) is 2. The molecule has 0 aliphatic rings. The number of rotatable bonds is 12. The lowest BCUT2D eigenvalue weighted by Crippen LogP contribution is -2.39. The number of aliphatic imine (C=N–C) groups is 1. The van der Waals surface area contributed by atoms with Gasteiger partial charge in [-0.25, -0.2) is 4.99 Å². The normalized spacial score (nSPS) is 11.1. The first-order valence-corrected chi connectivity index (χ1v) is 8.86. The summed E-state index contributed by atoms with van der Waals surface area (Å²) in [6, 6.07) is 3.99. The molecule has 0 aliphatic heterocycles. The Morgan fingerprint density at radius 3 is 2.56 bits per heavy atom. The second kappa shape index (κ2) is 16.5. The van der Waals surface area contributed by atoms with Crippen molar-refractivity contribution in [3.05, 3.63) is 29.6 Å². The van der Waals surface area contributed by atoms with Gasteiger partial charge in [0, 0.05) is 25.9 Å². The van der Waals surface area contributed by atoms with Gasteiger partial charge in [-0.1, -0.05) is 19.4 Å². The van der Waals surface area contributed by atoms with Gasteiger partial charge in [-0.3, -0.25) is 4.98 Å². The monoisotopic (exact) mass is 464 g/mol. The van der Waals surface area contributed by atoms with Crippen LogP contribution in [0.4, 0.5) is 0 Å². The Labute approximate surface area is 169 Å². The highest BCUT2D eigenvalue weighted by Gasteiger charge is 2.00. The molecule has 0 atom stereocenters. The fourth-order valence-corrected chi connectivity index (χ4v) is 1.99. The second-order valence-electron chi connectivity index (χ2n) is 5.47. The number of aromatic nitrogens is 1. The van der Waals surface area contributed by atoms with Crippen molar-refractivity contribution in [2.24, 2.45) is 4.99 Å². The van der Waals surface area contributed by atoms with Crippen molar-refractivity contribution >= 4 is 29.9 Å². The number of hydrogen-bond donors (Lipinski definition) is 2. The largest absolute Gasteiger partial charge is 0.379 e. The van der Waals surface area contributed by atoms with Crippen molar-refractivity contribution in [3.63, 3.8) is 0 Å². The Hall–Kier alpha value is -0.930. The zero-order valence-electron chi connectivity index (χ0n) is 15.7. The number of nitrogens with zero attached hydrogens (tertiary/aromatic N) is 2. The van der Waals surface area contributed by atoms with Crippen LogP contribution in [-0.4, -0.2) is 50.5 Å². The molecule has 0 fully saturated rings. The van der Waals surface area contributed by atoms with Gasteiger partial charge in [0.05, 0.1) is 32.1 Å². The summed E-state index contributed by atoms with van der Waals surface area (Å²) in [5.74, 6) is 0.783. The van der Waals surface area contributed by atoms with E-state index in [1.54, 1.807) is 6.20 Å². The van der Waals surface area contributed by atoms with Crippen molar-refractivity contribution in [1.29, 1.82) is 0 Å². The quantitative estimate of drug-likeness (QED) is 0.216. The number of hydrogen-bond acceptors (Lipinski definition) is 4. The van der Waals surface area contributed by atoms with Gasteiger partial charge in [0.25, 0.3) is 0 Å². The number of ether oxygens (including phenoxy) is 2. The standard InChI is InChI=1S/C18H32N4O2.HI/c1-4-6-11-23-13-14-24-12-10-21-18(19-5-2)22-15-17-16(3)8-7-9-20-17;/h7-9H,4-6,10-15H2,1-3H3,(H2,19,21,22);1H. The second-order valence-corrected chi connectivity index (χ2v) is 5.47. The highest BCUT2D eigenvalue weighted by Crippen LogP contribution is 2.04. The van der Waals surface area contributed by atoms with Gasteiger partial charge in [-0.05, 0) is 31.9 Å². The average molecular weight is 464 g/mol. The summed E-state index contributed by atoms with van der Waals surface area (Å²) in [7, 11) is 0. The van der Waals surface area contributed by atoms with Gasteiger partial charge in [0.2, 0.25) is 0 Å². The molecule has 7 heteroatoms. The third-order valence-electron chi connectivity index (χ3n) is 3.40. The SMILES string of the molecule is CCCCOCCOCCNC(=NCc1ncccc1C)NCC.I. The summed E-state index contributed by atoms with van der Waals surface area (Å²) in [6.45, 7) is 11.1. The number of aryl methyl sites for hydroxylation is 1. The lowest BCUT2D eigenvalue weighted by atomic mass is 10.2. The van der Waals surface area contributed by atoms with Crippen LogP contribution in [0, 0.1) is 6.92 Å². The molecule has 1 heterocycles. The van der Waals surface area contributed by atoms with Crippen LogP contribution in [0.3, 0.4) is 0 Å². The first-order chi connectivity index (χ1) is 11.8. The molecule has 0 bridgehead atoms. The van der Waals surface area contributed by atoms with Crippen LogP contribution in [-0.2, 0) is 16.0 Å². The lowest BCUT2D eigenvalue weighted by molar-refractivity contribution is 0.0487. The summed E-state index contributed by atoms with van der Waals surface area (Å²) < 4.78 is 11.0. The van der Waals surface area contributed by atoms with Crippen molar-refractivity contribution in [2.75, 3.05) is 39.5 Å². The first kappa shape index (κ1) is 24.1. The molecule has 1 aromatic heterocycles. The van der Waals surface area contributed by atoms with Crippen molar-refractivity contribution < 1.29 is 9.47 Å². The summed E-state index contributed by atoms with van der Waals surface area (Å²) in [4.78, 5) is 8.92. The fraction of sp³-hybridized carbons (Fsp3) is 0.667. The van der Waals surface area contributed by atoms with E-state index in [2.05, 4.69) is 40.5 Å². The molecule has 6 nitrogen and oxygen atoms in total. The zero-order valence-corrected chi connectivity index (χ0v) is 18.0. The van der Waals surface area contributed by atoms with E-state index in [1.165, 1.54) is 0 Å². The number of guanidine groups is 1. The minimum absolute atomic E-state index is 0. The Kier molecular flexibility index (Phi) is 15.9. The van der Waals surface area contributed by atoms with E-state index in [0.29, 0.717) is 32.9 Å². The van der Waals surface area contributed by atoms with E-state index in [0.717, 1.165) is 43.2 Å². The molecule has 2 N–H and O–H groups in total. The molecule has 0 aromatic carbocycles. The first-order valence-electron chi connectivity index (χ1n) is 8.86. The van der Waals surface area contributed by atoms with Crippen molar-refractivity contribution in [2.45, 2.75) is 40.2 Å². The van der Waals surface area contributed by atoms with Gasteiger partial charge in [-0.2, -0.15) is 0 Å². The molecule has 144 valence electrons. The summed E-state index contributed by atoms with van der Waals surface area (Å²) in [5, 5.41) is 6.50. The Bertz CT molecular complexity index is 472. The lowest BCUT2D eigenvalue weighted by Gasteiger charge is -2.12. The molecule has 0 radical (unpaired) electrons. The van der Waals surface area contributed by atoms with Crippen LogP contribution >= 0.6 is 24.0 Å². The van der Waals surface area contributed by atoms with Crippen LogP contribution in [0.25, 0.3) is 0 Å². The van der Waals surface area contributed by atoms with E-state index in [4.69, 9.17) is 9.47 Å². The van der Waals surface area contributed by atoms with Gasteiger partial charge >= 0.3 is 0 Å². The average Bonchev–Trinajstić information content (AvgIpc) is 2.59. The van der Waals surface area contributed by atoms with E-state index in [9.17, 15) is 0 Å². The molecule has 0 unspecified atom stereocenters. The van der Waals surface area contributed by atoms with E-state index < -0.39 is 0 Å². The van der Waals surface area contributed by atoms with Crippen molar-refractivity contribution in [3.8, 4) is 0 Å². The topological polar surface area (TPSA) is 67.8 Å². The third-order valence-corrected chi connectivity index (χ3v) is 3.40. The molecule has 25 heavy (non-hydrogen) atoms. The van der Waals surface area contributed by atoms with Crippen molar-refractivity contribution in [1.82, 2.24) is 15.6 Å². The van der Waals surface area contributed by atoms with E-state index >= 15 is 0 Å². The molecule has 0 amide bonds. The maximum absolute atomic E-state index is 5.54. The highest BCUT2D eigenvalue weighted by atomic mass is 127. The fourth-order valence-electron chi connectivity index (χ4n) is 1.99. The van der Waals surface area contributed by atoms with Gasteiger partial charge in [-0.15, -0.1) is 24.0 Å². The summed E-state index contributed by atoms with van der Waals surface area (Å²) in [5.41, 5.74) is 2.15. The van der Waals surface area contributed by atoms with Gasteiger partial charge < -0.3 is 20.1 Å². The molecular weight excluding hydrogens is 431 g/mol. The van der Waals surface area contributed by atoms with E-state index in [-0.39, 0.29) is 24.0 Å². The predicted octanol–water partition coefficient (Wildman–Crippen LogP) is 2.90. The van der Waals surface area contributed by atoms with Crippen LogP contribution in [0.15, 0.2) is 23.3 Å². The molecular formula is C18H33IN4O2. The van der Waals surface area contributed by atoms with Gasteiger partial charge in [0.1, 0.15) is 0 Å².